The van der Waals surface area contributed by atoms with E-state index in [1.807, 2.05) is 28.9 Å². The van der Waals surface area contributed by atoms with Gasteiger partial charge in [-0.1, -0.05) is 109 Å². The minimum Gasteiger partial charge on any atom is -0.456 e. The molecule has 4 aromatic heterocycles. The zero-order valence-corrected chi connectivity index (χ0v) is 31.1. The number of benzene rings is 8. The highest BCUT2D eigenvalue weighted by Crippen LogP contribution is 2.46. The summed E-state index contributed by atoms with van der Waals surface area (Å²) in [6.45, 7) is 0.614. The molecule has 0 aliphatic rings. The second-order valence-electron chi connectivity index (χ2n) is 14.2. The molecule has 55 heavy (non-hydrogen) atoms. The first kappa shape index (κ1) is 30.9. The maximum Gasteiger partial charge on any atom is 0.136 e. The Morgan fingerprint density at radius 3 is 2.04 bits per heavy atom. The first-order chi connectivity index (χ1) is 27.3. The third-order valence-electron chi connectivity index (χ3n) is 11.1. The molecule has 12 rings (SSSR count). The van der Waals surface area contributed by atoms with Crippen molar-refractivity contribution in [2.45, 2.75) is 6.54 Å². The van der Waals surface area contributed by atoms with Gasteiger partial charge in [0, 0.05) is 69.0 Å². The van der Waals surface area contributed by atoms with E-state index in [2.05, 4.69) is 168 Å². The highest BCUT2D eigenvalue weighted by atomic mass is 32.1. The normalized spacial score (nSPS) is 12.4. The molecular weight excluding hydrogens is 709 g/mol. The summed E-state index contributed by atoms with van der Waals surface area (Å²) >= 11 is 3.72. The van der Waals surface area contributed by atoms with Crippen molar-refractivity contribution in [2.24, 2.45) is 4.99 Å². The fraction of sp³-hybridized carbons (Fsp3) is 0.0200. The molecule has 4 heterocycles. The second kappa shape index (κ2) is 12.0. The van der Waals surface area contributed by atoms with Gasteiger partial charge in [0.1, 0.15) is 11.2 Å². The average Bonchev–Trinajstić information content (AvgIpc) is 3.99. The van der Waals surface area contributed by atoms with E-state index in [0.29, 0.717) is 6.54 Å². The van der Waals surface area contributed by atoms with Gasteiger partial charge in [-0.05, 0) is 71.3 Å². The van der Waals surface area contributed by atoms with Gasteiger partial charge < -0.3 is 8.98 Å². The SMILES string of the molecule is C(=NCc1ccc2c(c1)sc1ccccc12)c1cccc2oc3ccc(-c4ccc(-n5c6ccccc6c6ccccc65)c5sc6ccccc6c45)cc3c12. The second-order valence-corrected chi connectivity index (χ2v) is 16.4. The lowest BCUT2D eigenvalue weighted by atomic mass is 9.96. The van der Waals surface area contributed by atoms with Crippen LogP contribution in [-0.2, 0) is 6.54 Å². The van der Waals surface area contributed by atoms with Crippen LogP contribution in [0.25, 0.3) is 101 Å². The summed E-state index contributed by atoms with van der Waals surface area (Å²) in [5.74, 6) is 0. The topological polar surface area (TPSA) is 30.4 Å². The Kier molecular flexibility index (Phi) is 6.73. The van der Waals surface area contributed by atoms with Crippen LogP contribution in [0.2, 0.25) is 0 Å². The predicted molar refractivity (Wildman–Crippen MR) is 237 cm³/mol. The smallest absolute Gasteiger partial charge is 0.136 e. The van der Waals surface area contributed by atoms with Crippen molar-refractivity contribution in [1.82, 2.24) is 4.57 Å². The number of para-hydroxylation sites is 2. The Labute approximate surface area is 323 Å². The Morgan fingerprint density at radius 2 is 1.22 bits per heavy atom. The van der Waals surface area contributed by atoms with Crippen LogP contribution >= 0.6 is 22.7 Å². The molecule has 0 saturated carbocycles. The molecular formula is C50H30N2OS2. The molecule has 5 heteroatoms. The Balaban J connectivity index is 0.993. The number of thiophene rings is 2. The van der Waals surface area contributed by atoms with E-state index in [4.69, 9.17) is 9.41 Å². The van der Waals surface area contributed by atoms with Crippen LogP contribution in [0, 0.1) is 0 Å². The van der Waals surface area contributed by atoms with Crippen molar-refractivity contribution >= 4 is 113 Å². The van der Waals surface area contributed by atoms with Gasteiger partial charge in [0.05, 0.1) is 28.0 Å². The van der Waals surface area contributed by atoms with Crippen LogP contribution in [0.15, 0.2) is 173 Å². The molecule has 0 fully saturated rings. The number of aromatic nitrogens is 1. The first-order valence-corrected chi connectivity index (χ1v) is 20.2. The third-order valence-corrected chi connectivity index (χ3v) is 13.4. The molecule has 0 aliphatic heterocycles. The number of hydrogen-bond donors (Lipinski definition) is 0. The zero-order valence-electron chi connectivity index (χ0n) is 29.5. The minimum atomic E-state index is 0.614. The zero-order chi connectivity index (χ0) is 36.0. The number of hydrogen-bond acceptors (Lipinski definition) is 4. The molecule has 8 aromatic carbocycles. The monoisotopic (exact) mass is 738 g/mol. The molecule has 258 valence electrons. The molecule has 0 amide bonds. The summed E-state index contributed by atoms with van der Waals surface area (Å²) in [5.41, 5.74) is 10.0. The van der Waals surface area contributed by atoms with E-state index < -0.39 is 0 Å². The highest BCUT2D eigenvalue weighted by Gasteiger charge is 2.20. The van der Waals surface area contributed by atoms with Crippen molar-refractivity contribution in [3.8, 4) is 16.8 Å². The average molecular weight is 739 g/mol. The summed E-state index contributed by atoms with van der Waals surface area (Å²) in [6.07, 6.45) is 2.02. The maximum atomic E-state index is 6.46. The maximum absolute atomic E-state index is 6.46. The van der Waals surface area contributed by atoms with Crippen molar-refractivity contribution in [3.05, 3.63) is 175 Å². The van der Waals surface area contributed by atoms with Gasteiger partial charge in [0.15, 0.2) is 0 Å². The lowest BCUT2D eigenvalue weighted by Gasteiger charge is -2.13. The summed E-state index contributed by atoms with van der Waals surface area (Å²) in [4.78, 5) is 4.97. The van der Waals surface area contributed by atoms with Crippen LogP contribution in [0.3, 0.4) is 0 Å². The standard InChI is InChI=1S/C50H30N2OS2/c1-5-15-40-34(11-1)35-12-2-6-16-41(35)52(40)42-24-23-33(49-38-14-4-8-19-46(38)55-50(42)49)31-21-25-43-39(27-31)48-32(10-9-17-44(48)53-43)29-51-28-30-20-22-37-36-13-3-7-18-45(36)54-47(37)26-30/h1-27,29H,28H2. The molecule has 0 spiro atoms. The largest absolute Gasteiger partial charge is 0.456 e. The molecule has 0 atom stereocenters. The summed E-state index contributed by atoms with van der Waals surface area (Å²) in [7, 11) is 0. The fourth-order valence-electron chi connectivity index (χ4n) is 8.66. The lowest BCUT2D eigenvalue weighted by molar-refractivity contribution is 0.669. The molecule has 0 bridgehead atoms. The van der Waals surface area contributed by atoms with Crippen LogP contribution in [0.4, 0.5) is 0 Å². The fourth-order valence-corrected chi connectivity index (χ4v) is 11.1. The van der Waals surface area contributed by atoms with Gasteiger partial charge in [-0.25, -0.2) is 0 Å². The van der Waals surface area contributed by atoms with Crippen molar-refractivity contribution in [1.29, 1.82) is 0 Å². The Bertz CT molecular complexity index is 3490. The number of rotatable bonds is 5. The van der Waals surface area contributed by atoms with Gasteiger partial charge in [-0.3, -0.25) is 4.99 Å². The lowest BCUT2D eigenvalue weighted by Crippen LogP contribution is -1.94. The molecule has 0 saturated heterocycles. The van der Waals surface area contributed by atoms with Gasteiger partial charge >= 0.3 is 0 Å². The van der Waals surface area contributed by atoms with E-state index >= 15 is 0 Å². The molecule has 0 N–H and O–H groups in total. The number of furan rings is 1. The van der Waals surface area contributed by atoms with Gasteiger partial charge in [0.2, 0.25) is 0 Å². The quantitative estimate of drug-likeness (QED) is 0.162. The van der Waals surface area contributed by atoms with Gasteiger partial charge in [0.25, 0.3) is 0 Å². The van der Waals surface area contributed by atoms with E-state index in [1.165, 1.54) is 84.5 Å². The number of aliphatic imine (C=N–C) groups is 1. The molecule has 0 radical (unpaired) electrons. The van der Waals surface area contributed by atoms with E-state index in [1.54, 1.807) is 0 Å². The summed E-state index contributed by atoms with van der Waals surface area (Å²) in [5, 5.41) is 9.92. The first-order valence-electron chi connectivity index (χ1n) is 18.6. The number of nitrogens with zero attached hydrogens (tertiary/aromatic N) is 2. The van der Waals surface area contributed by atoms with Crippen LogP contribution in [-0.4, -0.2) is 10.8 Å². The Morgan fingerprint density at radius 1 is 0.509 bits per heavy atom. The van der Waals surface area contributed by atoms with Crippen LogP contribution in [0.1, 0.15) is 11.1 Å². The van der Waals surface area contributed by atoms with Gasteiger partial charge in [-0.15, -0.1) is 22.7 Å². The van der Waals surface area contributed by atoms with Crippen molar-refractivity contribution < 1.29 is 4.42 Å². The number of fused-ring (bicyclic) bond motifs is 12. The highest BCUT2D eigenvalue weighted by molar-refractivity contribution is 7.26. The summed E-state index contributed by atoms with van der Waals surface area (Å²) in [6, 6.07) is 59.3. The molecule has 0 unspecified atom stereocenters. The molecule has 3 nitrogen and oxygen atoms in total. The van der Waals surface area contributed by atoms with Crippen LogP contribution < -0.4 is 0 Å². The van der Waals surface area contributed by atoms with Crippen LogP contribution in [0.5, 0.6) is 0 Å². The van der Waals surface area contributed by atoms with Gasteiger partial charge in [-0.2, -0.15) is 0 Å². The molecule has 12 aromatic rings. The third kappa shape index (κ3) is 4.70. The van der Waals surface area contributed by atoms with Crippen molar-refractivity contribution in [3.63, 3.8) is 0 Å². The van der Waals surface area contributed by atoms with Crippen molar-refractivity contribution in [2.75, 3.05) is 0 Å². The Hall–Kier alpha value is -6.53. The van der Waals surface area contributed by atoms with E-state index in [-0.39, 0.29) is 0 Å². The van der Waals surface area contributed by atoms with E-state index in [9.17, 15) is 0 Å². The van der Waals surface area contributed by atoms with E-state index in [0.717, 1.165) is 27.5 Å². The molecule has 0 aliphatic carbocycles. The minimum absolute atomic E-state index is 0.614. The summed E-state index contributed by atoms with van der Waals surface area (Å²) < 4.78 is 14.1. The predicted octanol–water partition coefficient (Wildman–Crippen LogP) is 14.7.